The van der Waals surface area contributed by atoms with E-state index in [4.69, 9.17) is 4.74 Å². The summed E-state index contributed by atoms with van der Waals surface area (Å²) in [5.41, 5.74) is 0.377. The standard InChI is InChI=1S/C14H28O2/c1-12(2)9-11-16-13(15)8-6-7-10-14(3,4)5/h12H,6-11H2,1-5H3. The van der Waals surface area contributed by atoms with Crippen LogP contribution in [0.2, 0.25) is 0 Å². The number of esters is 1. The number of unbranched alkanes of at least 4 members (excludes halogenated alkanes) is 1. The molecule has 0 aliphatic carbocycles. The third kappa shape index (κ3) is 11.5. The summed E-state index contributed by atoms with van der Waals surface area (Å²) in [6.07, 6.45) is 4.79. The number of hydrogen-bond acceptors (Lipinski definition) is 2. The van der Waals surface area contributed by atoms with E-state index < -0.39 is 0 Å². The highest BCUT2D eigenvalue weighted by Gasteiger charge is 2.10. The van der Waals surface area contributed by atoms with Gasteiger partial charge in [0.15, 0.2) is 0 Å². The molecule has 16 heavy (non-hydrogen) atoms. The number of ether oxygens (including phenoxy) is 1. The van der Waals surface area contributed by atoms with Crippen molar-refractivity contribution in [3.05, 3.63) is 0 Å². The predicted octanol–water partition coefficient (Wildman–Crippen LogP) is 4.18. The molecular formula is C14H28O2. The number of carbonyl (C=O) groups excluding carboxylic acids is 1. The fourth-order valence-electron chi connectivity index (χ4n) is 1.41. The Bertz CT molecular complexity index is 189. The van der Waals surface area contributed by atoms with Gasteiger partial charge in [-0.1, -0.05) is 41.0 Å². The van der Waals surface area contributed by atoms with E-state index in [-0.39, 0.29) is 5.97 Å². The molecule has 0 rings (SSSR count). The molecule has 0 aromatic rings. The van der Waals surface area contributed by atoms with Crippen molar-refractivity contribution in [2.24, 2.45) is 11.3 Å². The normalized spacial score (nSPS) is 11.9. The van der Waals surface area contributed by atoms with Gasteiger partial charge in [0.25, 0.3) is 0 Å². The van der Waals surface area contributed by atoms with E-state index in [0.29, 0.717) is 24.4 Å². The first kappa shape index (κ1) is 15.5. The monoisotopic (exact) mass is 228 g/mol. The third-order valence-corrected chi connectivity index (χ3v) is 2.52. The molecule has 96 valence electrons. The second-order valence-electron chi connectivity index (χ2n) is 6.17. The maximum absolute atomic E-state index is 11.3. The van der Waals surface area contributed by atoms with Crippen LogP contribution in [0.5, 0.6) is 0 Å². The van der Waals surface area contributed by atoms with Crippen LogP contribution in [0.1, 0.15) is 66.7 Å². The Morgan fingerprint density at radius 1 is 1.19 bits per heavy atom. The van der Waals surface area contributed by atoms with Crippen LogP contribution in [-0.2, 0) is 9.53 Å². The second-order valence-corrected chi connectivity index (χ2v) is 6.17. The van der Waals surface area contributed by atoms with Crippen LogP contribution in [0.25, 0.3) is 0 Å². The molecule has 0 unspecified atom stereocenters. The maximum Gasteiger partial charge on any atom is 0.305 e. The highest BCUT2D eigenvalue weighted by Crippen LogP contribution is 2.22. The third-order valence-electron chi connectivity index (χ3n) is 2.52. The van der Waals surface area contributed by atoms with Crippen LogP contribution >= 0.6 is 0 Å². The second kappa shape index (κ2) is 7.70. The minimum absolute atomic E-state index is 0.0328. The van der Waals surface area contributed by atoms with Crippen molar-refractivity contribution >= 4 is 5.97 Å². The molecule has 2 heteroatoms. The number of carbonyl (C=O) groups is 1. The van der Waals surface area contributed by atoms with Crippen molar-refractivity contribution in [2.75, 3.05) is 6.61 Å². The molecule has 0 radical (unpaired) electrons. The summed E-state index contributed by atoms with van der Waals surface area (Å²) in [5, 5.41) is 0. The Hall–Kier alpha value is -0.530. The average molecular weight is 228 g/mol. The summed E-state index contributed by atoms with van der Waals surface area (Å²) in [7, 11) is 0. The molecule has 0 spiro atoms. The zero-order chi connectivity index (χ0) is 12.6. The quantitative estimate of drug-likeness (QED) is 0.482. The van der Waals surface area contributed by atoms with Gasteiger partial charge in [-0.15, -0.1) is 0 Å². The van der Waals surface area contributed by atoms with Gasteiger partial charge in [-0.05, 0) is 30.6 Å². The number of hydrogen-bond donors (Lipinski definition) is 0. The molecule has 0 saturated heterocycles. The lowest BCUT2D eigenvalue weighted by atomic mass is 9.89. The predicted molar refractivity (Wildman–Crippen MR) is 68.3 cm³/mol. The molecule has 0 amide bonds. The van der Waals surface area contributed by atoms with Gasteiger partial charge in [0.05, 0.1) is 6.61 Å². The molecule has 0 aromatic heterocycles. The van der Waals surface area contributed by atoms with Crippen LogP contribution < -0.4 is 0 Å². The zero-order valence-corrected chi connectivity index (χ0v) is 11.6. The van der Waals surface area contributed by atoms with Crippen LogP contribution in [0.15, 0.2) is 0 Å². The van der Waals surface area contributed by atoms with Crippen molar-refractivity contribution in [3.63, 3.8) is 0 Å². The van der Waals surface area contributed by atoms with Gasteiger partial charge in [0.1, 0.15) is 0 Å². The lowest BCUT2D eigenvalue weighted by molar-refractivity contribution is -0.144. The maximum atomic E-state index is 11.3. The van der Waals surface area contributed by atoms with Crippen LogP contribution in [0.3, 0.4) is 0 Å². The van der Waals surface area contributed by atoms with E-state index in [1.807, 2.05) is 0 Å². The van der Waals surface area contributed by atoms with Crippen molar-refractivity contribution in [1.82, 2.24) is 0 Å². The van der Waals surface area contributed by atoms with E-state index in [9.17, 15) is 4.79 Å². The van der Waals surface area contributed by atoms with Crippen LogP contribution in [-0.4, -0.2) is 12.6 Å². The lowest BCUT2D eigenvalue weighted by Crippen LogP contribution is -2.08. The molecule has 0 aromatic carbocycles. The van der Waals surface area contributed by atoms with Crippen LogP contribution in [0.4, 0.5) is 0 Å². The van der Waals surface area contributed by atoms with Crippen LogP contribution in [0, 0.1) is 11.3 Å². The first-order valence-corrected chi connectivity index (χ1v) is 6.47. The first-order chi connectivity index (χ1) is 7.31. The SMILES string of the molecule is CC(C)CCOC(=O)CCCCC(C)(C)C. The summed E-state index contributed by atoms with van der Waals surface area (Å²) in [6.45, 7) is 11.5. The van der Waals surface area contributed by atoms with Gasteiger partial charge in [-0.25, -0.2) is 0 Å². The fourth-order valence-corrected chi connectivity index (χ4v) is 1.41. The molecule has 0 aliphatic heterocycles. The van der Waals surface area contributed by atoms with Gasteiger partial charge >= 0.3 is 5.97 Å². The summed E-state index contributed by atoms with van der Waals surface area (Å²) in [6, 6.07) is 0. The Labute approximate surface area is 101 Å². The van der Waals surface area contributed by atoms with Gasteiger partial charge in [0.2, 0.25) is 0 Å². The molecule has 0 aliphatic rings. The molecule has 0 heterocycles. The Morgan fingerprint density at radius 2 is 1.81 bits per heavy atom. The Balaban J connectivity index is 3.38. The highest BCUT2D eigenvalue weighted by atomic mass is 16.5. The summed E-state index contributed by atoms with van der Waals surface area (Å²) in [4.78, 5) is 11.3. The van der Waals surface area contributed by atoms with Crippen molar-refractivity contribution < 1.29 is 9.53 Å². The molecule has 0 fully saturated rings. The Morgan fingerprint density at radius 3 is 2.31 bits per heavy atom. The Kier molecular flexibility index (Phi) is 7.44. The number of rotatable bonds is 7. The molecule has 0 N–H and O–H groups in total. The van der Waals surface area contributed by atoms with E-state index in [2.05, 4.69) is 34.6 Å². The fraction of sp³-hybridized carbons (Fsp3) is 0.929. The van der Waals surface area contributed by atoms with Crippen molar-refractivity contribution in [2.45, 2.75) is 66.7 Å². The average Bonchev–Trinajstić information content (AvgIpc) is 2.10. The zero-order valence-electron chi connectivity index (χ0n) is 11.6. The topological polar surface area (TPSA) is 26.3 Å². The van der Waals surface area contributed by atoms with Gasteiger partial charge < -0.3 is 4.74 Å². The first-order valence-electron chi connectivity index (χ1n) is 6.47. The van der Waals surface area contributed by atoms with E-state index in [0.717, 1.165) is 19.3 Å². The van der Waals surface area contributed by atoms with Crippen molar-refractivity contribution in [3.8, 4) is 0 Å². The largest absolute Gasteiger partial charge is 0.466 e. The van der Waals surface area contributed by atoms with E-state index in [1.165, 1.54) is 6.42 Å². The minimum atomic E-state index is -0.0328. The summed E-state index contributed by atoms with van der Waals surface area (Å²) < 4.78 is 5.15. The molecule has 0 atom stereocenters. The lowest BCUT2D eigenvalue weighted by Gasteiger charge is -2.17. The molecule has 0 saturated carbocycles. The minimum Gasteiger partial charge on any atom is -0.466 e. The highest BCUT2D eigenvalue weighted by molar-refractivity contribution is 5.69. The molecular weight excluding hydrogens is 200 g/mol. The van der Waals surface area contributed by atoms with Crippen molar-refractivity contribution in [1.29, 1.82) is 0 Å². The van der Waals surface area contributed by atoms with E-state index in [1.54, 1.807) is 0 Å². The summed E-state index contributed by atoms with van der Waals surface area (Å²) >= 11 is 0. The molecule has 0 bridgehead atoms. The van der Waals surface area contributed by atoms with E-state index >= 15 is 0 Å². The summed E-state index contributed by atoms with van der Waals surface area (Å²) in [5.74, 6) is 0.572. The molecule has 2 nitrogen and oxygen atoms in total. The smallest absolute Gasteiger partial charge is 0.305 e. The van der Waals surface area contributed by atoms with Gasteiger partial charge in [-0.3, -0.25) is 4.79 Å². The van der Waals surface area contributed by atoms with Gasteiger partial charge in [-0.2, -0.15) is 0 Å². The van der Waals surface area contributed by atoms with Gasteiger partial charge in [0, 0.05) is 6.42 Å².